The highest BCUT2D eigenvalue weighted by molar-refractivity contribution is 5.38. The van der Waals surface area contributed by atoms with Gasteiger partial charge in [-0.3, -0.25) is 0 Å². The van der Waals surface area contributed by atoms with Crippen molar-refractivity contribution in [1.82, 2.24) is 0 Å². The van der Waals surface area contributed by atoms with Crippen molar-refractivity contribution in [2.75, 3.05) is 0 Å². The van der Waals surface area contributed by atoms with Crippen LogP contribution in [0.15, 0.2) is 42.5 Å². The van der Waals surface area contributed by atoms with Crippen LogP contribution in [-0.4, -0.2) is 0 Å². The number of nitriles is 1. The lowest BCUT2D eigenvalue weighted by Gasteiger charge is -2.09. The molecule has 0 atom stereocenters. The molecule has 0 aromatic heterocycles. The smallest absolute Gasteiger partial charge is 0.123 e. The van der Waals surface area contributed by atoms with E-state index >= 15 is 0 Å². The second-order valence-electron chi connectivity index (χ2n) is 4.20. The summed E-state index contributed by atoms with van der Waals surface area (Å²) in [6.45, 7) is 2.26. The Kier molecular flexibility index (Phi) is 4.15. The van der Waals surface area contributed by atoms with Gasteiger partial charge in [-0.1, -0.05) is 19.1 Å². The molecule has 0 spiro atoms. The Hall–Kier alpha value is -2.34. The Morgan fingerprint density at radius 3 is 2.79 bits per heavy atom. The first-order valence-corrected chi connectivity index (χ1v) is 6.13. The summed E-state index contributed by atoms with van der Waals surface area (Å²) in [5, 5.41) is 8.96. The molecule has 0 saturated heterocycles. The monoisotopic (exact) mass is 255 g/mol. The predicted molar refractivity (Wildman–Crippen MR) is 71.3 cm³/mol. The lowest BCUT2D eigenvalue weighted by molar-refractivity contribution is 0.305. The Labute approximate surface area is 112 Å². The summed E-state index contributed by atoms with van der Waals surface area (Å²) in [5.74, 6) is 0.368. The van der Waals surface area contributed by atoms with E-state index in [0.717, 1.165) is 12.2 Å². The van der Waals surface area contributed by atoms with Crippen LogP contribution in [0.25, 0.3) is 0 Å². The molecule has 0 radical (unpaired) electrons. The van der Waals surface area contributed by atoms with Gasteiger partial charge < -0.3 is 4.74 Å². The summed E-state index contributed by atoms with van der Waals surface area (Å²) in [6.07, 6.45) is 0.931. The molecule has 96 valence electrons. The van der Waals surface area contributed by atoms with Gasteiger partial charge in [-0.05, 0) is 42.3 Å². The van der Waals surface area contributed by atoms with Crippen LogP contribution in [0.5, 0.6) is 5.75 Å². The van der Waals surface area contributed by atoms with Gasteiger partial charge in [-0.25, -0.2) is 4.39 Å². The number of hydrogen-bond donors (Lipinski definition) is 0. The Bertz CT molecular complexity index is 616. The van der Waals surface area contributed by atoms with E-state index in [1.54, 1.807) is 0 Å². The Morgan fingerprint density at radius 2 is 2.05 bits per heavy atom. The molecule has 0 unspecified atom stereocenters. The molecule has 0 N–H and O–H groups in total. The first-order chi connectivity index (χ1) is 9.22. The molecular formula is C16H14FNO. The number of aryl methyl sites for hydroxylation is 1. The van der Waals surface area contributed by atoms with Gasteiger partial charge in [0.2, 0.25) is 0 Å². The van der Waals surface area contributed by atoms with E-state index in [-0.39, 0.29) is 12.4 Å². The third-order valence-corrected chi connectivity index (χ3v) is 2.89. The lowest BCUT2D eigenvalue weighted by atomic mass is 10.1. The normalized spacial score (nSPS) is 9.95. The molecule has 0 bridgehead atoms. The van der Waals surface area contributed by atoms with Crippen LogP contribution < -0.4 is 4.74 Å². The largest absolute Gasteiger partial charge is 0.489 e. The van der Waals surface area contributed by atoms with Crippen LogP contribution in [0.3, 0.4) is 0 Å². The summed E-state index contributed by atoms with van der Waals surface area (Å²) in [4.78, 5) is 0. The molecule has 2 nitrogen and oxygen atoms in total. The van der Waals surface area contributed by atoms with E-state index in [4.69, 9.17) is 10.00 Å². The fourth-order valence-corrected chi connectivity index (χ4v) is 1.81. The summed E-state index contributed by atoms with van der Waals surface area (Å²) < 4.78 is 18.8. The number of rotatable bonds is 4. The minimum Gasteiger partial charge on any atom is -0.489 e. The molecule has 2 rings (SSSR count). The molecule has 19 heavy (non-hydrogen) atoms. The van der Waals surface area contributed by atoms with Crippen LogP contribution >= 0.6 is 0 Å². The quantitative estimate of drug-likeness (QED) is 0.831. The number of benzene rings is 2. The van der Waals surface area contributed by atoms with Crippen molar-refractivity contribution in [3.8, 4) is 11.8 Å². The topological polar surface area (TPSA) is 33.0 Å². The Morgan fingerprint density at radius 1 is 1.21 bits per heavy atom. The van der Waals surface area contributed by atoms with Gasteiger partial charge in [0, 0.05) is 5.56 Å². The van der Waals surface area contributed by atoms with Crippen LogP contribution in [0.1, 0.15) is 23.6 Å². The van der Waals surface area contributed by atoms with Gasteiger partial charge in [0.15, 0.2) is 0 Å². The van der Waals surface area contributed by atoms with Crippen LogP contribution in [0, 0.1) is 17.1 Å². The molecule has 0 amide bonds. The van der Waals surface area contributed by atoms with Gasteiger partial charge in [-0.15, -0.1) is 0 Å². The fraction of sp³-hybridized carbons (Fsp3) is 0.188. The van der Waals surface area contributed by atoms with Crippen molar-refractivity contribution in [3.63, 3.8) is 0 Å². The maximum atomic E-state index is 13.2. The van der Waals surface area contributed by atoms with Gasteiger partial charge >= 0.3 is 0 Å². The molecule has 3 heteroatoms. The predicted octanol–water partition coefficient (Wildman–Crippen LogP) is 3.84. The highest BCUT2D eigenvalue weighted by atomic mass is 19.1. The van der Waals surface area contributed by atoms with Crippen LogP contribution in [0.2, 0.25) is 0 Å². The first-order valence-electron chi connectivity index (χ1n) is 6.13. The SMILES string of the molecule is CCc1cccc(OCc2cc(F)ccc2C#N)c1. The molecule has 2 aromatic rings. The molecule has 0 aliphatic carbocycles. The number of halogens is 1. The fourth-order valence-electron chi connectivity index (χ4n) is 1.81. The summed E-state index contributed by atoms with van der Waals surface area (Å²) in [5.41, 5.74) is 2.18. The minimum absolute atomic E-state index is 0.188. The Balaban J connectivity index is 2.14. The van der Waals surface area contributed by atoms with E-state index in [0.29, 0.717) is 11.1 Å². The maximum Gasteiger partial charge on any atom is 0.123 e. The highest BCUT2D eigenvalue weighted by Gasteiger charge is 2.05. The van der Waals surface area contributed by atoms with Crippen molar-refractivity contribution in [1.29, 1.82) is 5.26 Å². The van der Waals surface area contributed by atoms with E-state index in [9.17, 15) is 4.39 Å². The van der Waals surface area contributed by atoms with Gasteiger partial charge in [0.05, 0.1) is 11.6 Å². The second kappa shape index (κ2) is 6.01. The summed E-state index contributed by atoms with van der Waals surface area (Å²) >= 11 is 0. The molecular weight excluding hydrogens is 241 g/mol. The molecule has 0 fully saturated rings. The molecule has 0 aliphatic rings. The number of ether oxygens (including phenoxy) is 1. The molecule has 0 aliphatic heterocycles. The van der Waals surface area contributed by atoms with Gasteiger partial charge in [0.25, 0.3) is 0 Å². The van der Waals surface area contributed by atoms with Crippen LogP contribution in [-0.2, 0) is 13.0 Å². The molecule has 0 heterocycles. The van der Waals surface area contributed by atoms with Crippen molar-refractivity contribution in [2.45, 2.75) is 20.0 Å². The minimum atomic E-state index is -0.361. The average Bonchev–Trinajstić information content (AvgIpc) is 2.45. The van der Waals surface area contributed by atoms with Gasteiger partial charge in [0.1, 0.15) is 18.2 Å². The zero-order valence-corrected chi connectivity index (χ0v) is 10.7. The van der Waals surface area contributed by atoms with Crippen molar-refractivity contribution >= 4 is 0 Å². The third-order valence-electron chi connectivity index (χ3n) is 2.89. The maximum absolute atomic E-state index is 13.2. The van der Waals surface area contributed by atoms with Crippen molar-refractivity contribution in [3.05, 3.63) is 65.0 Å². The van der Waals surface area contributed by atoms with Crippen LogP contribution in [0.4, 0.5) is 4.39 Å². The summed E-state index contributed by atoms with van der Waals surface area (Å²) in [6, 6.07) is 13.9. The standard InChI is InChI=1S/C16H14FNO/c1-2-12-4-3-5-16(8-12)19-11-14-9-15(17)7-6-13(14)10-18/h3-9H,2,11H2,1H3. The highest BCUT2D eigenvalue weighted by Crippen LogP contribution is 2.17. The number of hydrogen-bond acceptors (Lipinski definition) is 2. The van der Waals surface area contributed by atoms with E-state index in [2.05, 4.69) is 6.92 Å². The zero-order chi connectivity index (χ0) is 13.7. The first kappa shape index (κ1) is 13.1. The van der Waals surface area contributed by atoms with E-state index in [1.165, 1.54) is 23.8 Å². The number of nitrogens with zero attached hydrogens (tertiary/aromatic N) is 1. The van der Waals surface area contributed by atoms with E-state index in [1.807, 2.05) is 30.3 Å². The molecule has 0 saturated carbocycles. The van der Waals surface area contributed by atoms with Crippen molar-refractivity contribution < 1.29 is 9.13 Å². The average molecular weight is 255 g/mol. The molecule has 2 aromatic carbocycles. The summed E-state index contributed by atoms with van der Waals surface area (Å²) in [7, 11) is 0. The zero-order valence-electron chi connectivity index (χ0n) is 10.7. The lowest BCUT2D eigenvalue weighted by Crippen LogP contribution is -1.99. The third kappa shape index (κ3) is 3.32. The van der Waals surface area contributed by atoms with E-state index < -0.39 is 0 Å². The second-order valence-corrected chi connectivity index (χ2v) is 4.20. The van der Waals surface area contributed by atoms with Gasteiger partial charge in [-0.2, -0.15) is 5.26 Å². The van der Waals surface area contributed by atoms with Crippen molar-refractivity contribution in [2.24, 2.45) is 0 Å².